The SMILES string of the molecule is CCOC(=O)C1(NC(=O)c2ccc[nH]2)CCCC1. The maximum atomic E-state index is 12.0. The van der Waals surface area contributed by atoms with Crippen molar-refractivity contribution in [3.8, 4) is 0 Å². The number of ether oxygens (including phenoxy) is 1. The first-order chi connectivity index (χ1) is 8.68. The summed E-state index contributed by atoms with van der Waals surface area (Å²) in [6, 6.07) is 3.43. The molecule has 1 aliphatic rings. The zero-order valence-electron chi connectivity index (χ0n) is 10.5. The molecule has 0 atom stereocenters. The summed E-state index contributed by atoms with van der Waals surface area (Å²) in [7, 11) is 0. The Balaban J connectivity index is 2.11. The molecule has 1 aromatic rings. The van der Waals surface area contributed by atoms with Gasteiger partial charge in [0.15, 0.2) is 0 Å². The molecule has 2 N–H and O–H groups in total. The van der Waals surface area contributed by atoms with E-state index in [4.69, 9.17) is 4.74 Å². The minimum Gasteiger partial charge on any atom is -0.464 e. The molecule has 1 aliphatic carbocycles. The second kappa shape index (κ2) is 5.25. The summed E-state index contributed by atoms with van der Waals surface area (Å²) in [6.45, 7) is 2.10. The Bertz CT molecular complexity index is 419. The van der Waals surface area contributed by atoms with Crippen LogP contribution in [0.3, 0.4) is 0 Å². The van der Waals surface area contributed by atoms with Crippen LogP contribution in [-0.4, -0.2) is 29.0 Å². The zero-order chi connectivity index (χ0) is 13.0. The van der Waals surface area contributed by atoms with Gasteiger partial charge in [-0.1, -0.05) is 12.8 Å². The highest BCUT2D eigenvalue weighted by Crippen LogP contribution is 2.31. The van der Waals surface area contributed by atoms with Gasteiger partial charge in [0.05, 0.1) is 6.61 Å². The average Bonchev–Trinajstić information content (AvgIpc) is 3.00. The predicted octanol–water partition coefficient (Wildman–Crippen LogP) is 1.62. The van der Waals surface area contributed by atoms with Crippen LogP contribution in [0, 0.1) is 0 Å². The first-order valence-electron chi connectivity index (χ1n) is 6.31. The average molecular weight is 250 g/mol. The van der Waals surface area contributed by atoms with Crippen molar-refractivity contribution in [2.24, 2.45) is 0 Å². The molecular formula is C13H18N2O3. The van der Waals surface area contributed by atoms with Gasteiger partial charge in [-0.05, 0) is 31.9 Å². The number of hydrogen-bond donors (Lipinski definition) is 2. The van der Waals surface area contributed by atoms with Crippen molar-refractivity contribution in [3.63, 3.8) is 0 Å². The Morgan fingerprint density at radius 1 is 1.44 bits per heavy atom. The highest BCUT2D eigenvalue weighted by molar-refractivity contribution is 5.97. The minimum absolute atomic E-state index is 0.255. The molecule has 1 aromatic heterocycles. The molecule has 0 aliphatic heterocycles. The van der Waals surface area contributed by atoms with E-state index in [9.17, 15) is 9.59 Å². The Kier molecular flexibility index (Phi) is 3.69. The number of H-pyrrole nitrogens is 1. The van der Waals surface area contributed by atoms with Crippen LogP contribution in [0.2, 0.25) is 0 Å². The molecule has 5 heteroatoms. The van der Waals surface area contributed by atoms with E-state index in [1.807, 2.05) is 0 Å². The summed E-state index contributed by atoms with van der Waals surface area (Å²) in [4.78, 5) is 26.9. The topological polar surface area (TPSA) is 71.2 Å². The molecule has 0 bridgehead atoms. The normalized spacial score (nSPS) is 17.4. The third-order valence-corrected chi connectivity index (χ3v) is 3.32. The van der Waals surface area contributed by atoms with Crippen molar-refractivity contribution in [1.29, 1.82) is 0 Å². The standard InChI is InChI=1S/C13H18N2O3/c1-2-18-12(17)13(7-3-4-8-13)15-11(16)10-6-5-9-14-10/h5-6,9,14H,2-4,7-8H2,1H3,(H,15,16). The number of aromatic amines is 1. The molecule has 1 amide bonds. The van der Waals surface area contributed by atoms with Crippen LogP contribution in [0.1, 0.15) is 43.1 Å². The lowest BCUT2D eigenvalue weighted by Gasteiger charge is -2.27. The Morgan fingerprint density at radius 3 is 2.72 bits per heavy atom. The third-order valence-electron chi connectivity index (χ3n) is 3.32. The van der Waals surface area contributed by atoms with Crippen LogP contribution in [0.5, 0.6) is 0 Å². The largest absolute Gasteiger partial charge is 0.464 e. The van der Waals surface area contributed by atoms with Gasteiger partial charge in [0.25, 0.3) is 5.91 Å². The van der Waals surface area contributed by atoms with Crippen LogP contribution in [0.15, 0.2) is 18.3 Å². The van der Waals surface area contributed by atoms with Crippen molar-refractivity contribution in [3.05, 3.63) is 24.0 Å². The number of esters is 1. The van der Waals surface area contributed by atoms with Crippen LogP contribution >= 0.6 is 0 Å². The van der Waals surface area contributed by atoms with Crippen molar-refractivity contribution in [2.45, 2.75) is 38.1 Å². The second-order valence-electron chi connectivity index (χ2n) is 4.55. The van der Waals surface area contributed by atoms with E-state index < -0.39 is 5.54 Å². The van der Waals surface area contributed by atoms with Gasteiger partial charge in [-0.25, -0.2) is 4.79 Å². The lowest BCUT2D eigenvalue weighted by molar-refractivity contribution is -0.150. The van der Waals surface area contributed by atoms with Crippen LogP contribution in [0.25, 0.3) is 0 Å². The fourth-order valence-corrected chi connectivity index (χ4v) is 2.38. The molecule has 1 fully saturated rings. The van der Waals surface area contributed by atoms with Gasteiger partial charge in [0.1, 0.15) is 11.2 Å². The first kappa shape index (κ1) is 12.7. The highest BCUT2D eigenvalue weighted by Gasteiger charge is 2.44. The van der Waals surface area contributed by atoms with Gasteiger partial charge < -0.3 is 15.0 Å². The van der Waals surface area contributed by atoms with E-state index in [1.165, 1.54) is 0 Å². The lowest BCUT2D eigenvalue weighted by atomic mass is 9.97. The summed E-state index contributed by atoms with van der Waals surface area (Å²) in [6.07, 6.45) is 4.85. The van der Waals surface area contributed by atoms with Crippen LogP contribution in [0.4, 0.5) is 0 Å². The van der Waals surface area contributed by atoms with Crippen molar-refractivity contribution in [2.75, 3.05) is 6.61 Å². The summed E-state index contributed by atoms with van der Waals surface area (Å²) >= 11 is 0. The van der Waals surface area contributed by atoms with Gasteiger partial charge in [-0.3, -0.25) is 4.79 Å². The minimum atomic E-state index is -0.835. The highest BCUT2D eigenvalue weighted by atomic mass is 16.5. The fraction of sp³-hybridized carbons (Fsp3) is 0.538. The van der Waals surface area contributed by atoms with Crippen molar-refractivity contribution in [1.82, 2.24) is 10.3 Å². The lowest BCUT2D eigenvalue weighted by Crippen LogP contribution is -2.53. The quantitative estimate of drug-likeness (QED) is 0.798. The van der Waals surface area contributed by atoms with Gasteiger partial charge in [-0.2, -0.15) is 0 Å². The van der Waals surface area contributed by atoms with E-state index in [2.05, 4.69) is 10.3 Å². The predicted molar refractivity (Wildman–Crippen MR) is 66.1 cm³/mol. The van der Waals surface area contributed by atoms with E-state index in [0.29, 0.717) is 25.1 Å². The van der Waals surface area contributed by atoms with Crippen molar-refractivity contribution >= 4 is 11.9 Å². The third kappa shape index (κ3) is 2.39. The molecule has 2 rings (SSSR count). The molecule has 0 aromatic carbocycles. The summed E-state index contributed by atoms with van der Waals surface area (Å²) in [5, 5.41) is 2.83. The molecule has 1 heterocycles. The fourth-order valence-electron chi connectivity index (χ4n) is 2.38. The van der Waals surface area contributed by atoms with E-state index >= 15 is 0 Å². The molecule has 1 saturated carbocycles. The first-order valence-corrected chi connectivity index (χ1v) is 6.31. The van der Waals surface area contributed by atoms with E-state index in [0.717, 1.165) is 12.8 Å². The molecule has 5 nitrogen and oxygen atoms in total. The van der Waals surface area contributed by atoms with Gasteiger partial charge in [0.2, 0.25) is 0 Å². The maximum absolute atomic E-state index is 12.0. The smallest absolute Gasteiger partial charge is 0.331 e. The number of rotatable bonds is 4. The van der Waals surface area contributed by atoms with Crippen molar-refractivity contribution < 1.29 is 14.3 Å². The molecule has 0 spiro atoms. The van der Waals surface area contributed by atoms with E-state index in [-0.39, 0.29) is 11.9 Å². The summed E-state index contributed by atoms with van der Waals surface area (Å²) in [5.41, 5.74) is -0.372. The zero-order valence-corrected chi connectivity index (χ0v) is 10.5. The molecule has 0 saturated heterocycles. The maximum Gasteiger partial charge on any atom is 0.331 e. The molecule has 0 radical (unpaired) electrons. The van der Waals surface area contributed by atoms with Gasteiger partial charge >= 0.3 is 5.97 Å². The summed E-state index contributed by atoms with van der Waals surface area (Å²) in [5.74, 6) is -0.572. The molecule has 98 valence electrons. The molecule has 0 unspecified atom stereocenters. The number of aromatic nitrogens is 1. The Morgan fingerprint density at radius 2 is 2.17 bits per heavy atom. The molecular weight excluding hydrogens is 232 g/mol. The Hall–Kier alpha value is -1.78. The van der Waals surface area contributed by atoms with Gasteiger partial charge in [0, 0.05) is 6.20 Å². The number of carbonyl (C=O) groups excluding carboxylic acids is 2. The van der Waals surface area contributed by atoms with E-state index in [1.54, 1.807) is 25.3 Å². The number of nitrogens with one attached hydrogen (secondary N) is 2. The second-order valence-corrected chi connectivity index (χ2v) is 4.55. The van der Waals surface area contributed by atoms with Crippen LogP contribution in [-0.2, 0) is 9.53 Å². The van der Waals surface area contributed by atoms with Gasteiger partial charge in [-0.15, -0.1) is 0 Å². The summed E-state index contributed by atoms with van der Waals surface area (Å²) < 4.78 is 5.08. The van der Waals surface area contributed by atoms with Crippen LogP contribution < -0.4 is 5.32 Å². The molecule has 18 heavy (non-hydrogen) atoms. The monoisotopic (exact) mass is 250 g/mol. The number of carbonyl (C=O) groups is 2. The Labute approximate surface area is 106 Å². The number of hydrogen-bond acceptors (Lipinski definition) is 3. The number of amides is 1.